The van der Waals surface area contributed by atoms with Crippen LogP contribution in [-0.2, 0) is 4.74 Å². The van der Waals surface area contributed by atoms with Gasteiger partial charge in [0, 0.05) is 63.3 Å². The van der Waals surface area contributed by atoms with Crippen molar-refractivity contribution < 1.29 is 9.53 Å². The molecule has 5 nitrogen and oxygen atoms in total. The predicted octanol–water partition coefficient (Wildman–Crippen LogP) is 3.10. The second-order valence-corrected chi connectivity index (χ2v) is 7.52. The Balaban J connectivity index is 0.00000210. The van der Waals surface area contributed by atoms with Crippen molar-refractivity contribution in [1.82, 2.24) is 9.80 Å². The third kappa shape index (κ3) is 6.48. The minimum Gasteiger partial charge on any atom is -0.385 e. The average Bonchev–Trinajstić information content (AvgIpc) is 2.71. The first-order chi connectivity index (χ1) is 13.1. The van der Waals surface area contributed by atoms with E-state index in [1.54, 1.807) is 7.11 Å². The number of halogens is 2. The van der Waals surface area contributed by atoms with Gasteiger partial charge in [-0.2, -0.15) is 12.6 Å². The molecule has 2 aromatic rings. The molecule has 2 atom stereocenters. The normalized spacial score (nSPS) is 18.0. The van der Waals surface area contributed by atoms with Crippen molar-refractivity contribution in [3.05, 3.63) is 48.0 Å². The molecule has 29 heavy (non-hydrogen) atoms. The van der Waals surface area contributed by atoms with Crippen molar-refractivity contribution in [2.24, 2.45) is 5.73 Å². The number of piperazine rings is 1. The van der Waals surface area contributed by atoms with E-state index in [0.717, 1.165) is 35.8 Å². The van der Waals surface area contributed by atoms with Crippen molar-refractivity contribution in [1.29, 1.82) is 0 Å². The van der Waals surface area contributed by atoms with Gasteiger partial charge in [0.15, 0.2) is 0 Å². The van der Waals surface area contributed by atoms with Crippen LogP contribution in [0.3, 0.4) is 0 Å². The van der Waals surface area contributed by atoms with Crippen molar-refractivity contribution in [3.63, 3.8) is 0 Å². The van der Waals surface area contributed by atoms with Crippen LogP contribution >= 0.6 is 37.4 Å². The Hall–Kier alpha value is -1.02. The van der Waals surface area contributed by atoms with Gasteiger partial charge >= 0.3 is 0 Å². The number of fused-ring (bicyclic) bond motifs is 1. The highest BCUT2D eigenvalue weighted by Gasteiger charge is 2.30. The molecule has 0 radical (unpaired) electrons. The van der Waals surface area contributed by atoms with Crippen LogP contribution < -0.4 is 5.73 Å². The number of ether oxygens (including phenoxy) is 1. The topological polar surface area (TPSA) is 58.8 Å². The smallest absolute Gasteiger partial charge is 0.254 e. The first kappa shape index (κ1) is 26.0. The molecule has 1 amide bonds. The maximum atomic E-state index is 13.3. The summed E-state index contributed by atoms with van der Waals surface area (Å²) in [5.41, 5.74) is 6.89. The van der Waals surface area contributed by atoms with Crippen LogP contribution in [0.2, 0.25) is 0 Å². The van der Waals surface area contributed by atoms with Gasteiger partial charge in [-0.05, 0) is 23.3 Å². The molecule has 3 rings (SSSR count). The van der Waals surface area contributed by atoms with Crippen molar-refractivity contribution in [2.45, 2.75) is 18.5 Å². The Bertz CT molecular complexity index is 775. The molecule has 1 heterocycles. The summed E-state index contributed by atoms with van der Waals surface area (Å²) < 4.78 is 5.29. The van der Waals surface area contributed by atoms with Crippen LogP contribution in [0.4, 0.5) is 0 Å². The first-order valence-corrected chi connectivity index (χ1v) is 10.1. The van der Waals surface area contributed by atoms with Gasteiger partial charge in [-0.1, -0.05) is 36.4 Å². The van der Waals surface area contributed by atoms with Gasteiger partial charge in [0.1, 0.15) is 0 Å². The van der Waals surface area contributed by atoms with Crippen LogP contribution in [-0.4, -0.2) is 73.4 Å². The summed E-state index contributed by atoms with van der Waals surface area (Å²) in [7, 11) is 1.71. The zero-order valence-electron chi connectivity index (χ0n) is 16.7. The molecule has 1 aliphatic rings. The molecular formula is C21H31Cl2N3O2S. The zero-order chi connectivity index (χ0) is 19.2. The standard InChI is InChI=1S/C21H29N3O2S.2ClH/c1-26-12-9-18-14-24(11-10-23(18)13-17(22)15-27)21(25)20-8-4-6-16-5-2-3-7-19(16)20;;/h2-8,17-18,27H,9-15,22H2,1H3;2*1H/t17-,18+;;/m1../s1. The first-order valence-electron chi connectivity index (χ1n) is 9.50. The number of carbonyl (C=O) groups is 1. The van der Waals surface area contributed by atoms with Crippen molar-refractivity contribution >= 4 is 54.1 Å². The Morgan fingerprint density at radius 2 is 1.93 bits per heavy atom. The van der Waals surface area contributed by atoms with Crippen LogP contribution in [0.15, 0.2) is 42.5 Å². The van der Waals surface area contributed by atoms with E-state index >= 15 is 0 Å². The number of carbonyl (C=O) groups excluding carboxylic acids is 1. The van der Waals surface area contributed by atoms with Gasteiger partial charge < -0.3 is 15.4 Å². The van der Waals surface area contributed by atoms with Gasteiger partial charge in [-0.15, -0.1) is 24.8 Å². The van der Waals surface area contributed by atoms with E-state index in [1.165, 1.54) is 0 Å². The SMILES string of the molecule is COCC[C@H]1CN(C(=O)c2cccc3ccccc23)CCN1C[C@@H](N)CS.Cl.Cl. The Kier molecular flexibility index (Phi) is 11.3. The number of rotatable bonds is 7. The Labute approximate surface area is 191 Å². The second kappa shape index (κ2) is 12.6. The molecule has 0 saturated carbocycles. The molecule has 0 spiro atoms. The summed E-state index contributed by atoms with van der Waals surface area (Å²) in [6, 6.07) is 14.3. The number of thiol groups is 1. The highest BCUT2D eigenvalue weighted by Crippen LogP contribution is 2.22. The molecular weight excluding hydrogens is 429 g/mol. The molecule has 162 valence electrons. The molecule has 8 heteroatoms. The van der Waals surface area contributed by atoms with E-state index in [0.29, 0.717) is 25.4 Å². The summed E-state index contributed by atoms with van der Waals surface area (Å²) >= 11 is 4.31. The number of nitrogens with two attached hydrogens (primary N) is 1. The molecule has 1 aliphatic heterocycles. The van der Waals surface area contributed by atoms with E-state index in [2.05, 4.69) is 17.5 Å². The monoisotopic (exact) mass is 459 g/mol. The molecule has 2 N–H and O–H groups in total. The number of amides is 1. The van der Waals surface area contributed by atoms with Gasteiger partial charge in [0.2, 0.25) is 0 Å². The van der Waals surface area contributed by atoms with Crippen molar-refractivity contribution in [3.8, 4) is 0 Å². The van der Waals surface area contributed by atoms with Crippen LogP contribution in [0.1, 0.15) is 16.8 Å². The average molecular weight is 460 g/mol. The maximum absolute atomic E-state index is 13.3. The number of methoxy groups -OCH3 is 1. The van der Waals surface area contributed by atoms with Gasteiger partial charge in [0.25, 0.3) is 5.91 Å². The Morgan fingerprint density at radius 3 is 2.66 bits per heavy atom. The molecule has 2 aromatic carbocycles. The lowest BCUT2D eigenvalue weighted by atomic mass is 10.0. The predicted molar refractivity (Wildman–Crippen MR) is 128 cm³/mol. The number of nitrogens with zero attached hydrogens (tertiary/aromatic N) is 2. The van der Waals surface area contributed by atoms with Crippen LogP contribution in [0.5, 0.6) is 0 Å². The number of hydrogen-bond donors (Lipinski definition) is 2. The van der Waals surface area contributed by atoms with E-state index in [-0.39, 0.29) is 42.8 Å². The minimum atomic E-state index is 0. The van der Waals surface area contributed by atoms with E-state index < -0.39 is 0 Å². The third-order valence-electron chi connectivity index (χ3n) is 5.27. The van der Waals surface area contributed by atoms with Gasteiger partial charge in [-0.25, -0.2) is 0 Å². The fraction of sp³-hybridized carbons (Fsp3) is 0.476. The lowest BCUT2D eigenvalue weighted by molar-refractivity contribution is 0.0384. The lowest BCUT2D eigenvalue weighted by Gasteiger charge is -2.42. The minimum absolute atomic E-state index is 0. The van der Waals surface area contributed by atoms with Crippen LogP contribution in [0.25, 0.3) is 10.8 Å². The number of hydrogen-bond acceptors (Lipinski definition) is 5. The van der Waals surface area contributed by atoms with Crippen LogP contribution in [0, 0.1) is 0 Å². The van der Waals surface area contributed by atoms with E-state index in [1.807, 2.05) is 47.4 Å². The largest absolute Gasteiger partial charge is 0.385 e. The summed E-state index contributed by atoms with van der Waals surface area (Å²) in [4.78, 5) is 17.6. The summed E-state index contributed by atoms with van der Waals surface area (Å²) in [6.45, 7) is 3.71. The summed E-state index contributed by atoms with van der Waals surface area (Å²) in [5, 5.41) is 2.11. The zero-order valence-corrected chi connectivity index (χ0v) is 19.2. The number of benzene rings is 2. The highest BCUT2D eigenvalue weighted by molar-refractivity contribution is 7.80. The fourth-order valence-corrected chi connectivity index (χ4v) is 3.90. The van der Waals surface area contributed by atoms with Gasteiger partial charge in [0.05, 0.1) is 0 Å². The lowest BCUT2D eigenvalue weighted by Crippen LogP contribution is -2.57. The fourth-order valence-electron chi connectivity index (χ4n) is 3.79. The van der Waals surface area contributed by atoms with E-state index in [4.69, 9.17) is 10.5 Å². The van der Waals surface area contributed by atoms with Crippen molar-refractivity contribution in [2.75, 3.05) is 45.6 Å². The summed E-state index contributed by atoms with van der Waals surface area (Å²) in [6.07, 6.45) is 0.884. The van der Waals surface area contributed by atoms with Gasteiger partial charge in [-0.3, -0.25) is 9.69 Å². The summed E-state index contributed by atoms with van der Waals surface area (Å²) in [5.74, 6) is 0.763. The quantitative estimate of drug-likeness (QED) is 0.624. The molecule has 1 fully saturated rings. The second-order valence-electron chi connectivity index (χ2n) is 7.15. The third-order valence-corrected chi connectivity index (χ3v) is 5.74. The molecule has 0 bridgehead atoms. The maximum Gasteiger partial charge on any atom is 0.254 e. The molecule has 0 aromatic heterocycles. The van der Waals surface area contributed by atoms with E-state index in [9.17, 15) is 4.79 Å². The molecule has 0 aliphatic carbocycles. The molecule has 0 unspecified atom stereocenters. The Morgan fingerprint density at radius 1 is 1.21 bits per heavy atom. The molecule has 1 saturated heterocycles. The highest BCUT2D eigenvalue weighted by atomic mass is 35.5.